The van der Waals surface area contributed by atoms with Crippen molar-refractivity contribution in [3.05, 3.63) is 35.4 Å². The molecule has 2 unspecified atom stereocenters. The third-order valence-electron chi connectivity index (χ3n) is 1.76. The molecule has 1 aromatic carbocycles. The Labute approximate surface area is 209 Å². The number of hydrogen-bond acceptors (Lipinski definition) is 8. The molecule has 0 aliphatic heterocycles. The average Bonchev–Trinajstić information content (AvgIpc) is 2.24. The van der Waals surface area contributed by atoms with Crippen LogP contribution in [0.1, 0.15) is 20.7 Å². The van der Waals surface area contributed by atoms with Crippen LogP contribution in [0.15, 0.2) is 24.3 Å². The molecule has 0 fully saturated rings. The number of hydrogen-bond donors (Lipinski definition) is 2. The first kappa shape index (κ1) is 26.0. The second kappa shape index (κ2) is 10.7. The van der Waals surface area contributed by atoms with E-state index in [1.165, 1.54) is 12.1 Å². The number of rotatable bonds is 4. The zero-order valence-corrected chi connectivity index (χ0v) is 19.4. The van der Waals surface area contributed by atoms with Crippen LogP contribution in [0.4, 0.5) is 0 Å². The van der Waals surface area contributed by atoms with Gasteiger partial charge in [-0.3, -0.25) is 9.13 Å². The topological polar surface area (TPSA) is 173 Å². The van der Waals surface area contributed by atoms with Gasteiger partial charge in [0, 0.05) is 0 Å². The second-order valence-electron chi connectivity index (χ2n) is 3.24. The smallest absolute Gasteiger partial charge is 0.746 e. The number of phosphoric ester groups is 2. The van der Waals surface area contributed by atoms with Gasteiger partial charge in [0.15, 0.2) is 0 Å². The molecule has 0 radical (unpaired) electrons. The summed E-state index contributed by atoms with van der Waals surface area (Å²) in [5.74, 6) is -3.26. The number of benzene rings is 1. The van der Waals surface area contributed by atoms with E-state index in [9.17, 15) is 28.5 Å². The Balaban J connectivity index is 0. The van der Waals surface area contributed by atoms with Gasteiger partial charge < -0.3 is 28.6 Å². The Bertz CT molecular complexity index is 581. The molecule has 0 heterocycles. The molecule has 14 heteroatoms. The maximum absolute atomic E-state index is 11.4. The fraction of sp³-hybridized carbons (Fsp3) is 0. The zero-order valence-electron chi connectivity index (χ0n) is 11.4. The van der Waals surface area contributed by atoms with Crippen molar-refractivity contribution in [2.75, 3.05) is 0 Å². The average molecular weight is 402 g/mol. The summed E-state index contributed by atoms with van der Waals surface area (Å²) in [5.41, 5.74) is -1.37. The summed E-state index contributed by atoms with van der Waals surface area (Å²) in [5, 5.41) is 0. The van der Waals surface area contributed by atoms with E-state index in [4.69, 9.17) is 9.79 Å². The van der Waals surface area contributed by atoms with E-state index in [2.05, 4.69) is 9.05 Å². The van der Waals surface area contributed by atoms with Gasteiger partial charge in [-0.05, 0) is 12.1 Å². The van der Waals surface area contributed by atoms with Crippen molar-refractivity contribution in [2.24, 2.45) is 0 Å². The monoisotopic (exact) mass is 402 g/mol. The molecule has 0 amide bonds. The van der Waals surface area contributed by atoms with Crippen LogP contribution < -0.4 is 113 Å². The first-order valence-electron chi connectivity index (χ1n) is 4.64. The summed E-state index contributed by atoms with van der Waals surface area (Å²) in [7, 11) is -10.8. The van der Waals surface area contributed by atoms with Gasteiger partial charge in [0.25, 0.3) is 0 Å². The second-order valence-corrected chi connectivity index (χ2v) is 5.48. The molecular weight excluding hydrogens is 396 g/mol. The van der Waals surface area contributed by atoms with Gasteiger partial charge in [0.2, 0.25) is 0 Å². The van der Waals surface area contributed by atoms with Crippen molar-refractivity contribution >= 4 is 27.6 Å². The summed E-state index contributed by atoms with van der Waals surface area (Å²) >= 11 is 0. The minimum Gasteiger partial charge on any atom is -0.746 e. The third kappa shape index (κ3) is 9.89. The van der Waals surface area contributed by atoms with E-state index in [0.717, 1.165) is 12.1 Å². The maximum atomic E-state index is 11.4. The van der Waals surface area contributed by atoms with Gasteiger partial charge in [0.05, 0.1) is 11.1 Å². The van der Waals surface area contributed by atoms with Crippen LogP contribution in [0, 0.1) is 0 Å². The van der Waals surface area contributed by atoms with Crippen molar-refractivity contribution in [3.63, 3.8) is 0 Å². The molecule has 22 heavy (non-hydrogen) atoms. The van der Waals surface area contributed by atoms with Crippen LogP contribution in [0.2, 0.25) is 0 Å². The van der Waals surface area contributed by atoms with Crippen LogP contribution >= 0.6 is 15.6 Å². The van der Waals surface area contributed by atoms with Crippen molar-refractivity contribution in [3.8, 4) is 0 Å². The summed E-state index contributed by atoms with van der Waals surface area (Å²) in [6, 6.07) is 4.25. The van der Waals surface area contributed by atoms with Crippen LogP contribution in [0.5, 0.6) is 0 Å². The van der Waals surface area contributed by atoms with E-state index in [1.54, 1.807) is 0 Å². The molecule has 110 valence electrons. The molecule has 0 spiro atoms. The van der Waals surface area contributed by atoms with Gasteiger partial charge in [-0.25, -0.2) is 9.59 Å². The molecule has 0 saturated carbocycles. The summed E-state index contributed by atoms with van der Waals surface area (Å²) < 4.78 is 28.1. The normalized spacial score (nSPS) is 15.1. The van der Waals surface area contributed by atoms with E-state index >= 15 is 0 Å². The summed E-state index contributed by atoms with van der Waals surface area (Å²) in [4.78, 5) is 60.3. The maximum Gasteiger partial charge on any atom is 1.00 e. The van der Waals surface area contributed by atoms with E-state index in [1.807, 2.05) is 0 Å². The Morgan fingerprint density at radius 1 is 0.864 bits per heavy atom. The van der Waals surface area contributed by atoms with Crippen LogP contribution in [-0.4, -0.2) is 21.7 Å². The quantitative estimate of drug-likeness (QED) is 0.364. The molecule has 0 aliphatic carbocycles. The van der Waals surface area contributed by atoms with Crippen molar-refractivity contribution in [1.29, 1.82) is 0 Å². The third-order valence-corrected chi connectivity index (χ3v) is 2.56. The Morgan fingerprint density at radius 3 is 1.36 bits per heavy atom. The molecular formula is C8H6K2O10P2. The SMILES string of the molecule is O=C(OP(=O)([O-])O)c1ccccc1C(=O)OP(=O)([O-])O.[K+].[K+]. The van der Waals surface area contributed by atoms with E-state index in [-0.39, 0.29) is 103 Å². The largest absolute Gasteiger partial charge is 1.00 e. The Hall–Kier alpha value is 1.73. The molecule has 0 bridgehead atoms. The molecule has 2 atom stereocenters. The van der Waals surface area contributed by atoms with Gasteiger partial charge >= 0.3 is 130 Å². The minimum absolute atomic E-state index is 0. The zero-order chi connectivity index (χ0) is 15.6. The van der Waals surface area contributed by atoms with Gasteiger partial charge in [-0.15, -0.1) is 0 Å². The van der Waals surface area contributed by atoms with E-state index < -0.39 is 38.7 Å². The molecule has 2 N–H and O–H groups in total. The molecule has 0 aromatic heterocycles. The van der Waals surface area contributed by atoms with Crippen LogP contribution in [0.25, 0.3) is 0 Å². The fourth-order valence-electron chi connectivity index (χ4n) is 1.15. The Kier molecular flexibility index (Phi) is 12.6. The minimum atomic E-state index is -5.40. The van der Waals surface area contributed by atoms with Gasteiger partial charge in [-0.1, -0.05) is 12.1 Å². The van der Waals surface area contributed by atoms with Crippen molar-refractivity contribution in [2.45, 2.75) is 0 Å². The molecule has 10 nitrogen and oxygen atoms in total. The van der Waals surface area contributed by atoms with E-state index in [0.29, 0.717) is 0 Å². The first-order chi connectivity index (χ1) is 8.99. The number of carbonyl (C=O) groups is 2. The van der Waals surface area contributed by atoms with Gasteiger partial charge in [0.1, 0.15) is 0 Å². The molecule has 0 saturated heterocycles. The predicted molar refractivity (Wildman–Crippen MR) is 56.9 cm³/mol. The van der Waals surface area contributed by atoms with Gasteiger partial charge in [-0.2, -0.15) is 0 Å². The summed E-state index contributed by atoms with van der Waals surface area (Å²) in [6.45, 7) is 0. The van der Waals surface area contributed by atoms with Crippen molar-refractivity contribution < 1.29 is 150 Å². The number of carbonyl (C=O) groups excluding carboxylic acids is 2. The predicted octanol–water partition coefficient (Wildman–Crippen LogP) is -7.07. The van der Waals surface area contributed by atoms with Crippen LogP contribution in [-0.2, 0) is 18.2 Å². The molecule has 1 aromatic rings. The summed E-state index contributed by atoms with van der Waals surface area (Å²) in [6.07, 6.45) is 0. The fourth-order valence-corrected chi connectivity index (χ4v) is 1.76. The Morgan fingerprint density at radius 2 is 1.14 bits per heavy atom. The first-order valence-corrected chi connectivity index (χ1v) is 7.63. The number of phosphoric acid groups is 2. The van der Waals surface area contributed by atoms with Crippen LogP contribution in [0.3, 0.4) is 0 Å². The molecule has 1 rings (SSSR count). The van der Waals surface area contributed by atoms with Crippen molar-refractivity contribution in [1.82, 2.24) is 0 Å². The molecule has 0 aliphatic rings. The standard InChI is InChI=1S/C8H8O10P2.2K/c9-7(17-19(11,12)13)5-3-1-2-4-6(5)8(10)18-20(14,15)16;;/h1-4H,(H2,11,12,13)(H2,14,15,16);;/q;2*+1/p-2.